The number of nitrogens with zero attached hydrogens (tertiary/aromatic N) is 6. The second-order valence-electron chi connectivity index (χ2n) is 7.24. The minimum atomic E-state index is -4.47. The lowest BCUT2D eigenvalue weighted by Gasteiger charge is -2.36. The lowest BCUT2D eigenvalue weighted by molar-refractivity contribution is -0.141. The second kappa shape index (κ2) is 6.69. The van der Waals surface area contributed by atoms with Crippen molar-refractivity contribution in [1.29, 1.82) is 0 Å². The Morgan fingerprint density at radius 2 is 1.15 bits per heavy atom. The molecule has 0 radical (unpaired) electrons. The molecule has 1 aliphatic rings. The molecule has 0 atom stereocenters. The minimum absolute atomic E-state index is 0.0749. The van der Waals surface area contributed by atoms with E-state index in [4.69, 9.17) is 0 Å². The number of anilines is 2. The van der Waals surface area contributed by atoms with Gasteiger partial charge in [0.15, 0.2) is 0 Å². The smallest absolute Gasteiger partial charge is 0.353 e. The lowest BCUT2D eigenvalue weighted by atomic mass is 9.92. The predicted octanol–water partition coefficient (Wildman–Crippen LogP) is 2.91. The van der Waals surface area contributed by atoms with Crippen molar-refractivity contribution in [3.8, 4) is 0 Å². The summed E-state index contributed by atoms with van der Waals surface area (Å²) in [5, 5.41) is 0. The lowest BCUT2D eigenvalue weighted by Crippen LogP contribution is -2.47. The van der Waals surface area contributed by atoms with Gasteiger partial charge < -0.3 is 9.80 Å². The molecule has 0 spiro atoms. The van der Waals surface area contributed by atoms with Crippen LogP contribution in [0.15, 0.2) is 24.8 Å². The fourth-order valence-electron chi connectivity index (χ4n) is 2.77. The van der Waals surface area contributed by atoms with Crippen molar-refractivity contribution in [3.63, 3.8) is 0 Å². The standard InChI is InChI=1S/C17H21F3N6/c1-16(2,3)12-8-14(23-10-21-12)25-4-6-26(7-5-25)15-9-13(17(18,19)20)22-11-24-15/h8-11H,4-7H2,1-3H3. The van der Waals surface area contributed by atoms with Crippen molar-refractivity contribution >= 4 is 11.6 Å². The van der Waals surface area contributed by atoms with Gasteiger partial charge in [0.05, 0.1) is 5.69 Å². The summed E-state index contributed by atoms with van der Waals surface area (Å²) in [6, 6.07) is 2.97. The molecule has 3 rings (SSSR count). The molecular formula is C17H21F3N6. The summed E-state index contributed by atoms with van der Waals surface area (Å²) in [4.78, 5) is 19.9. The summed E-state index contributed by atoms with van der Waals surface area (Å²) < 4.78 is 38.5. The number of halogens is 3. The molecule has 0 bridgehead atoms. The average molecular weight is 366 g/mol. The Bertz CT molecular complexity index is 698. The van der Waals surface area contributed by atoms with Crippen molar-refractivity contribution in [2.75, 3.05) is 36.0 Å². The van der Waals surface area contributed by atoms with Gasteiger partial charge >= 0.3 is 6.18 Å². The molecule has 140 valence electrons. The highest BCUT2D eigenvalue weighted by Crippen LogP contribution is 2.29. The maximum Gasteiger partial charge on any atom is 0.433 e. The number of hydrogen-bond donors (Lipinski definition) is 0. The van der Waals surface area contributed by atoms with Crippen LogP contribution in [0.4, 0.5) is 24.8 Å². The Morgan fingerprint density at radius 3 is 1.58 bits per heavy atom. The first-order chi connectivity index (χ1) is 12.1. The van der Waals surface area contributed by atoms with Crippen LogP contribution in [0.3, 0.4) is 0 Å². The Balaban J connectivity index is 1.70. The zero-order chi connectivity index (χ0) is 18.9. The van der Waals surface area contributed by atoms with Gasteiger partial charge in [0, 0.05) is 43.7 Å². The van der Waals surface area contributed by atoms with Crippen molar-refractivity contribution in [2.45, 2.75) is 32.4 Å². The molecule has 0 amide bonds. The van der Waals surface area contributed by atoms with E-state index >= 15 is 0 Å². The van der Waals surface area contributed by atoms with Gasteiger partial charge in [0.2, 0.25) is 0 Å². The molecule has 1 saturated heterocycles. The summed E-state index contributed by atoms with van der Waals surface area (Å²) in [5.41, 5.74) is -0.0415. The Hall–Kier alpha value is -2.45. The molecule has 0 aromatic carbocycles. The van der Waals surface area contributed by atoms with Gasteiger partial charge in [0.1, 0.15) is 30.0 Å². The van der Waals surface area contributed by atoms with Crippen LogP contribution in [0.2, 0.25) is 0 Å². The summed E-state index contributed by atoms with van der Waals surface area (Å²) in [7, 11) is 0. The number of alkyl halides is 3. The van der Waals surface area contributed by atoms with Crippen molar-refractivity contribution in [3.05, 3.63) is 36.2 Å². The van der Waals surface area contributed by atoms with E-state index in [1.807, 2.05) is 11.0 Å². The van der Waals surface area contributed by atoms with Crippen molar-refractivity contribution in [2.24, 2.45) is 0 Å². The molecule has 0 N–H and O–H groups in total. The number of aromatic nitrogens is 4. The quantitative estimate of drug-likeness (QED) is 0.815. The van der Waals surface area contributed by atoms with Crippen molar-refractivity contribution in [1.82, 2.24) is 19.9 Å². The summed E-state index contributed by atoms with van der Waals surface area (Å²) in [6.45, 7) is 8.67. The maximum atomic E-state index is 12.8. The second-order valence-corrected chi connectivity index (χ2v) is 7.24. The Kier molecular flexibility index (Phi) is 4.72. The molecular weight excluding hydrogens is 345 g/mol. The average Bonchev–Trinajstić information content (AvgIpc) is 2.61. The van der Waals surface area contributed by atoms with E-state index in [-0.39, 0.29) is 5.41 Å². The van der Waals surface area contributed by atoms with E-state index in [2.05, 4.69) is 45.6 Å². The van der Waals surface area contributed by atoms with Crippen LogP contribution in [0.25, 0.3) is 0 Å². The summed E-state index contributed by atoms with van der Waals surface area (Å²) >= 11 is 0. The van der Waals surface area contributed by atoms with Crippen LogP contribution < -0.4 is 9.80 Å². The van der Waals surface area contributed by atoms with E-state index in [1.165, 1.54) is 0 Å². The first kappa shape index (κ1) is 18.3. The van der Waals surface area contributed by atoms with Crippen LogP contribution in [0.5, 0.6) is 0 Å². The number of hydrogen-bond acceptors (Lipinski definition) is 6. The Labute approximate surface area is 150 Å². The molecule has 9 heteroatoms. The van der Waals surface area contributed by atoms with Crippen LogP contribution >= 0.6 is 0 Å². The minimum Gasteiger partial charge on any atom is -0.353 e. The maximum absolute atomic E-state index is 12.8. The highest BCUT2D eigenvalue weighted by molar-refractivity contribution is 5.46. The zero-order valence-electron chi connectivity index (χ0n) is 15.0. The molecule has 2 aromatic rings. The third-order valence-corrected chi connectivity index (χ3v) is 4.29. The van der Waals surface area contributed by atoms with Gasteiger partial charge in [-0.15, -0.1) is 0 Å². The molecule has 1 aliphatic heterocycles. The zero-order valence-corrected chi connectivity index (χ0v) is 15.0. The summed E-state index contributed by atoms with van der Waals surface area (Å²) in [5.74, 6) is 1.13. The van der Waals surface area contributed by atoms with Crippen molar-refractivity contribution < 1.29 is 13.2 Å². The molecule has 0 unspecified atom stereocenters. The molecule has 26 heavy (non-hydrogen) atoms. The van der Waals surface area contributed by atoms with Crippen LogP contribution in [0.1, 0.15) is 32.2 Å². The fraction of sp³-hybridized carbons (Fsp3) is 0.529. The number of piperazine rings is 1. The molecule has 0 saturated carbocycles. The Morgan fingerprint density at radius 1 is 0.731 bits per heavy atom. The highest BCUT2D eigenvalue weighted by atomic mass is 19.4. The van der Waals surface area contributed by atoms with E-state index in [0.29, 0.717) is 32.0 Å². The van der Waals surface area contributed by atoms with Crippen LogP contribution in [0, 0.1) is 0 Å². The van der Waals surface area contributed by atoms with E-state index in [9.17, 15) is 13.2 Å². The molecule has 0 aliphatic carbocycles. The van der Waals surface area contributed by atoms with E-state index in [0.717, 1.165) is 23.9 Å². The van der Waals surface area contributed by atoms with E-state index in [1.54, 1.807) is 6.33 Å². The highest BCUT2D eigenvalue weighted by Gasteiger charge is 2.33. The normalized spacial score (nSPS) is 16.1. The third kappa shape index (κ3) is 4.03. The fourth-order valence-corrected chi connectivity index (χ4v) is 2.77. The molecule has 3 heterocycles. The first-order valence-corrected chi connectivity index (χ1v) is 8.36. The largest absolute Gasteiger partial charge is 0.433 e. The predicted molar refractivity (Wildman–Crippen MR) is 92.2 cm³/mol. The van der Waals surface area contributed by atoms with E-state index < -0.39 is 11.9 Å². The van der Waals surface area contributed by atoms with Gasteiger partial charge in [-0.2, -0.15) is 13.2 Å². The third-order valence-electron chi connectivity index (χ3n) is 4.29. The monoisotopic (exact) mass is 366 g/mol. The molecule has 6 nitrogen and oxygen atoms in total. The van der Waals surface area contributed by atoms with Crippen LogP contribution in [-0.4, -0.2) is 46.1 Å². The summed E-state index contributed by atoms with van der Waals surface area (Å²) in [6.07, 6.45) is -1.95. The van der Waals surface area contributed by atoms with Gasteiger partial charge in [-0.3, -0.25) is 0 Å². The molecule has 1 fully saturated rings. The van der Waals surface area contributed by atoms with Crippen LogP contribution in [-0.2, 0) is 11.6 Å². The molecule has 2 aromatic heterocycles. The number of rotatable bonds is 2. The van der Waals surface area contributed by atoms with Gasteiger partial charge in [0.25, 0.3) is 0 Å². The van der Waals surface area contributed by atoms with Gasteiger partial charge in [-0.25, -0.2) is 19.9 Å². The first-order valence-electron chi connectivity index (χ1n) is 8.36. The SMILES string of the molecule is CC(C)(C)c1cc(N2CCN(c3cc(C(F)(F)F)ncn3)CC2)ncn1. The van der Waals surface area contributed by atoms with Gasteiger partial charge in [-0.1, -0.05) is 20.8 Å². The van der Waals surface area contributed by atoms with Gasteiger partial charge in [-0.05, 0) is 0 Å². The topological polar surface area (TPSA) is 58.0 Å².